The van der Waals surface area contributed by atoms with Crippen molar-refractivity contribution in [1.82, 2.24) is 20.1 Å². The maximum Gasteiger partial charge on any atom is 0.251 e. The van der Waals surface area contributed by atoms with Gasteiger partial charge in [0.25, 0.3) is 5.91 Å². The number of aryl methyl sites for hydroxylation is 2. The Hall–Kier alpha value is -2.37. The smallest absolute Gasteiger partial charge is 0.251 e. The number of rotatable bonds is 2. The van der Waals surface area contributed by atoms with Crippen LogP contribution in [0.4, 0.5) is 0 Å². The zero-order chi connectivity index (χ0) is 16.9. The van der Waals surface area contributed by atoms with E-state index < -0.39 is 0 Å². The number of nitrogens with one attached hydrogen (secondary N) is 1. The highest BCUT2D eigenvalue weighted by molar-refractivity contribution is 5.94. The molecule has 126 valence electrons. The molecule has 0 bridgehead atoms. The average molecular weight is 326 g/mol. The molecule has 4 rings (SSSR count). The van der Waals surface area contributed by atoms with E-state index in [2.05, 4.69) is 29.2 Å². The van der Waals surface area contributed by atoms with E-state index in [9.17, 15) is 4.79 Å². The third kappa shape index (κ3) is 2.77. The quantitative estimate of drug-likeness (QED) is 0.917. The normalized spacial score (nSPS) is 20.9. The summed E-state index contributed by atoms with van der Waals surface area (Å²) in [7, 11) is 0. The second-order valence-electron chi connectivity index (χ2n) is 7.33. The van der Waals surface area contributed by atoms with E-state index in [1.807, 2.05) is 29.8 Å². The molecular formula is C18H22N4O2. The summed E-state index contributed by atoms with van der Waals surface area (Å²) in [6.45, 7) is 6.70. The Morgan fingerprint density at radius 2 is 2.25 bits per heavy atom. The van der Waals surface area contributed by atoms with Gasteiger partial charge in [0.05, 0.1) is 6.54 Å². The topological polar surface area (TPSA) is 69.0 Å². The Bertz CT molecular complexity index is 809. The van der Waals surface area contributed by atoms with Crippen molar-refractivity contribution < 1.29 is 9.53 Å². The van der Waals surface area contributed by atoms with Crippen LogP contribution < -0.4 is 10.1 Å². The molecule has 2 aliphatic rings. The van der Waals surface area contributed by atoms with Crippen LogP contribution in [0, 0.1) is 6.92 Å². The van der Waals surface area contributed by atoms with E-state index in [-0.39, 0.29) is 17.6 Å². The maximum absolute atomic E-state index is 12.6. The number of carbonyl (C=O) groups is 1. The molecule has 2 aliphatic heterocycles. The molecule has 6 heteroatoms. The van der Waals surface area contributed by atoms with Gasteiger partial charge in [0.15, 0.2) is 0 Å². The number of hydrogen-bond acceptors (Lipinski definition) is 4. The van der Waals surface area contributed by atoms with Gasteiger partial charge in [-0.15, -0.1) is 0 Å². The van der Waals surface area contributed by atoms with Crippen molar-refractivity contribution >= 4 is 5.91 Å². The van der Waals surface area contributed by atoms with E-state index >= 15 is 0 Å². The zero-order valence-corrected chi connectivity index (χ0v) is 14.3. The molecule has 0 fully saturated rings. The van der Waals surface area contributed by atoms with Crippen LogP contribution in [0.25, 0.3) is 0 Å². The van der Waals surface area contributed by atoms with Crippen LogP contribution in [0.1, 0.15) is 47.8 Å². The maximum atomic E-state index is 12.6. The van der Waals surface area contributed by atoms with Gasteiger partial charge >= 0.3 is 0 Å². The number of benzene rings is 1. The standard InChI is InChI=1S/C18H22N4O2/c1-11-19-16-7-5-14(10-22(16)21-11)20-17(23)12-4-6-15-13(8-12)9-18(2,3)24-15/h4,6,8,14H,5,7,9-10H2,1-3H3,(H,20,23). The lowest BCUT2D eigenvalue weighted by molar-refractivity contribution is 0.0926. The van der Waals surface area contributed by atoms with E-state index in [0.717, 1.165) is 42.2 Å². The lowest BCUT2D eigenvalue weighted by Gasteiger charge is -2.23. The molecular weight excluding hydrogens is 304 g/mol. The van der Waals surface area contributed by atoms with E-state index in [1.165, 1.54) is 0 Å². The molecule has 1 aromatic carbocycles. The number of fused-ring (bicyclic) bond motifs is 2. The van der Waals surface area contributed by atoms with Crippen molar-refractivity contribution in [1.29, 1.82) is 0 Å². The number of hydrogen-bond donors (Lipinski definition) is 1. The fraction of sp³-hybridized carbons (Fsp3) is 0.500. The average Bonchev–Trinajstić information content (AvgIpc) is 3.02. The number of aromatic nitrogens is 3. The van der Waals surface area contributed by atoms with E-state index in [1.54, 1.807) is 0 Å². The van der Waals surface area contributed by atoms with Gasteiger partial charge in [0.1, 0.15) is 23.0 Å². The molecule has 1 unspecified atom stereocenters. The zero-order valence-electron chi connectivity index (χ0n) is 14.3. The predicted octanol–water partition coefficient (Wildman–Crippen LogP) is 2.04. The Balaban J connectivity index is 1.46. The van der Waals surface area contributed by atoms with Gasteiger partial charge in [0.2, 0.25) is 0 Å². The second kappa shape index (κ2) is 5.33. The summed E-state index contributed by atoms with van der Waals surface area (Å²) in [4.78, 5) is 17.0. The van der Waals surface area contributed by atoms with Gasteiger partial charge in [-0.25, -0.2) is 9.67 Å². The van der Waals surface area contributed by atoms with Gasteiger partial charge < -0.3 is 10.1 Å². The third-order valence-corrected chi connectivity index (χ3v) is 4.62. The highest BCUT2D eigenvalue weighted by Gasteiger charge is 2.30. The lowest BCUT2D eigenvalue weighted by atomic mass is 10.00. The van der Waals surface area contributed by atoms with E-state index in [0.29, 0.717) is 12.1 Å². The summed E-state index contributed by atoms with van der Waals surface area (Å²) in [6, 6.07) is 5.78. The molecule has 0 spiro atoms. The third-order valence-electron chi connectivity index (χ3n) is 4.62. The largest absolute Gasteiger partial charge is 0.487 e. The predicted molar refractivity (Wildman–Crippen MR) is 89.2 cm³/mol. The summed E-state index contributed by atoms with van der Waals surface area (Å²) >= 11 is 0. The molecule has 0 radical (unpaired) electrons. The SMILES string of the molecule is Cc1nc2n(n1)CC(NC(=O)c1ccc3c(c1)CC(C)(C)O3)CC2. The Kier molecular flexibility index (Phi) is 3.37. The van der Waals surface area contributed by atoms with Crippen molar-refractivity contribution in [2.24, 2.45) is 0 Å². The van der Waals surface area contributed by atoms with E-state index in [4.69, 9.17) is 4.74 Å². The van der Waals surface area contributed by atoms with Crippen LogP contribution in [0.5, 0.6) is 5.75 Å². The van der Waals surface area contributed by atoms with Crippen molar-refractivity contribution in [2.75, 3.05) is 0 Å². The van der Waals surface area contributed by atoms with Gasteiger partial charge in [-0.2, -0.15) is 5.10 Å². The molecule has 6 nitrogen and oxygen atoms in total. The fourth-order valence-corrected chi connectivity index (χ4v) is 3.57. The number of nitrogens with zero attached hydrogens (tertiary/aromatic N) is 3. The van der Waals surface area contributed by atoms with Crippen LogP contribution in [0.15, 0.2) is 18.2 Å². The van der Waals surface area contributed by atoms with Crippen molar-refractivity contribution in [3.05, 3.63) is 41.0 Å². The first kappa shape index (κ1) is 15.2. The summed E-state index contributed by atoms with van der Waals surface area (Å²) in [5.74, 6) is 2.65. The minimum absolute atomic E-state index is 0.0345. The Morgan fingerprint density at radius 3 is 3.08 bits per heavy atom. The number of ether oxygens (including phenoxy) is 1. The minimum Gasteiger partial charge on any atom is -0.487 e. The monoisotopic (exact) mass is 326 g/mol. The molecule has 1 atom stereocenters. The van der Waals surface area contributed by atoms with Gasteiger partial charge in [-0.3, -0.25) is 4.79 Å². The van der Waals surface area contributed by atoms with Crippen LogP contribution >= 0.6 is 0 Å². The van der Waals surface area contributed by atoms with Gasteiger partial charge in [0, 0.05) is 24.4 Å². The van der Waals surface area contributed by atoms with Crippen LogP contribution in [-0.4, -0.2) is 32.3 Å². The van der Waals surface area contributed by atoms with Crippen molar-refractivity contribution in [2.45, 2.75) is 58.2 Å². The minimum atomic E-state index is -0.192. The molecule has 2 aromatic rings. The van der Waals surface area contributed by atoms with Crippen molar-refractivity contribution in [3.8, 4) is 5.75 Å². The first-order chi connectivity index (χ1) is 11.4. The summed E-state index contributed by atoms with van der Waals surface area (Å²) < 4.78 is 7.78. The molecule has 0 aliphatic carbocycles. The number of carbonyl (C=O) groups excluding carboxylic acids is 1. The number of amides is 1. The molecule has 1 amide bonds. The Morgan fingerprint density at radius 1 is 1.42 bits per heavy atom. The van der Waals surface area contributed by atoms with Gasteiger partial charge in [-0.05, 0) is 51.0 Å². The second-order valence-corrected chi connectivity index (χ2v) is 7.33. The molecule has 1 aromatic heterocycles. The summed E-state index contributed by atoms with van der Waals surface area (Å²) in [5.41, 5.74) is 1.60. The van der Waals surface area contributed by atoms with Crippen LogP contribution in [0.2, 0.25) is 0 Å². The fourth-order valence-electron chi connectivity index (χ4n) is 3.57. The molecule has 3 heterocycles. The first-order valence-electron chi connectivity index (χ1n) is 8.43. The first-order valence-corrected chi connectivity index (χ1v) is 8.43. The summed E-state index contributed by atoms with van der Waals surface area (Å²) in [6.07, 6.45) is 2.57. The molecule has 0 saturated heterocycles. The lowest BCUT2D eigenvalue weighted by Crippen LogP contribution is -2.41. The highest BCUT2D eigenvalue weighted by Crippen LogP contribution is 2.35. The molecule has 24 heavy (non-hydrogen) atoms. The highest BCUT2D eigenvalue weighted by atomic mass is 16.5. The Labute approximate surface area is 141 Å². The molecule has 1 N–H and O–H groups in total. The molecule has 0 saturated carbocycles. The van der Waals surface area contributed by atoms with Crippen LogP contribution in [0.3, 0.4) is 0 Å². The van der Waals surface area contributed by atoms with Crippen LogP contribution in [-0.2, 0) is 19.4 Å². The van der Waals surface area contributed by atoms with Gasteiger partial charge in [-0.1, -0.05) is 0 Å². The summed E-state index contributed by atoms with van der Waals surface area (Å²) in [5, 5.41) is 7.51. The van der Waals surface area contributed by atoms with Crippen molar-refractivity contribution in [3.63, 3.8) is 0 Å².